The number of hydrogen-bond acceptors (Lipinski definition) is 6. The van der Waals surface area contributed by atoms with Gasteiger partial charge in [-0.05, 0) is 40.8 Å². The fourth-order valence-corrected chi connectivity index (χ4v) is 4.09. The molecule has 0 aliphatic rings. The predicted octanol–water partition coefficient (Wildman–Crippen LogP) is 4.44. The van der Waals surface area contributed by atoms with Crippen molar-refractivity contribution in [1.82, 2.24) is 14.3 Å². The number of aromatic nitrogens is 3. The molecule has 2 heterocycles. The molecule has 0 saturated carbocycles. The Morgan fingerprint density at radius 2 is 1.78 bits per heavy atom. The lowest BCUT2D eigenvalue weighted by Crippen LogP contribution is -2.23. The number of carboxylic acid groups (broad SMARTS) is 2. The van der Waals surface area contributed by atoms with E-state index >= 15 is 0 Å². The number of carbonyl (C=O) groups is 3. The van der Waals surface area contributed by atoms with Gasteiger partial charge in [0.15, 0.2) is 0 Å². The Balaban J connectivity index is 1.94. The zero-order chi connectivity index (χ0) is 27.1. The molecule has 190 valence electrons. The number of nitrogens with zero attached hydrogens (tertiary/aromatic N) is 3. The van der Waals surface area contributed by atoms with Crippen molar-refractivity contribution in [3.63, 3.8) is 0 Å². The second kappa shape index (κ2) is 9.38. The van der Waals surface area contributed by atoms with Crippen molar-refractivity contribution in [2.24, 2.45) is 0 Å². The molecule has 37 heavy (non-hydrogen) atoms. The lowest BCUT2D eigenvalue weighted by Gasteiger charge is -2.19. The Labute approximate surface area is 211 Å². The predicted molar refractivity (Wildman–Crippen MR) is 135 cm³/mol. The molecule has 0 radical (unpaired) electrons. The molecule has 10 nitrogen and oxygen atoms in total. The first-order valence-electron chi connectivity index (χ1n) is 11.4. The topological polar surface area (TPSA) is 141 Å². The van der Waals surface area contributed by atoms with Gasteiger partial charge in [0.1, 0.15) is 12.3 Å². The molecule has 0 spiro atoms. The minimum atomic E-state index is -1.47. The van der Waals surface area contributed by atoms with Crippen LogP contribution in [0.4, 0.5) is 4.79 Å². The quantitative estimate of drug-likeness (QED) is 0.381. The summed E-state index contributed by atoms with van der Waals surface area (Å²) in [6.07, 6.45) is 1.27. The van der Waals surface area contributed by atoms with E-state index in [1.807, 2.05) is 12.1 Å². The van der Waals surface area contributed by atoms with Gasteiger partial charge >= 0.3 is 18.0 Å². The van der Waals surface area contributed by atoms with Crippen LogP contribution < -0.4 is 5.56 Å². The van der Waals surface area contributed by atoms with Gasteiger partial charge in [0, 0.05) is 29.6 Å². The molecule has 4 aromatic rings. The summed E-state index contributed by atoms with van der Waals surface area (Å²) in [6.45, 7) is 7.20. The molecule has 2 aromatic carbocycles. The summed E-state index contributed by atoms with van der Waals surface area (Å²) in [7, 11) is 0. The van der Waals surface area contributed by atoms with Crippen molar-refractivity contribution in [2.45, 2.75) is 39.7 Å². The number of ether oxygens (including phenoxy) is 1. The highest BCUT2D eigenvalue weighted by Crippen LogP contribution is 2.31. The number of carboxylic acids is 1. The van der Waals surface area contributed by atoms with E-state index in [4.69, 9.17) is 4.74 Å². The van der Waals surface area contributed by atoms with Gasteiger partial charge in [0.05, 0.1) is 17.3 Å². The van der Waals surface area contributed by atoms with Crippen molar-refractivity contribution in [2.75, 3.05) is 0 Å². The van der Waals surface area contributed by atoms with Crippen LogP contribution in [0, 0.1) is 0 Å². The highest BCUT2D eigenvalue weighted by Gasteiger charge is 2.22. The molecular formula is C27H25N3O7. The van der Waals surface area contributed by atoms with Gasteiger partial charge in [-0.3, -0.25) is 9.59 Å². The van der Waals surface area contributed by atoms with Gasteiger partial charge in [0.2, 0.25) is 0 Å². The van der Waals surface area contributed by atoms with Crippen LogP contribution in [-0.4, -0.2) is 42.6 Å². The summed E-state index contributed by atoms with van der Waals surface area (Å²) in [5.41, 5.74) is 1.40. The Bertz CT molecular complexity index is 1590. The van der Waals surface area contributed by atoms with E-state index in [9.17, 15) is 29.4 Å². The van der Waals surface area contributed by atoms with Crippen LogP contribution >= 0.6 is 0 Å². The zero-order valence-electron chi connectivity index (χ0n) is 20.7. The highest BCUT2D eigenvalue weighted by atomic mass is 16.5. The number of benzene rings is 2. The average Bonchev–Trinajstić information content (AvgIpc) is 3.28. The number of aromatic carboxylic acids is 1. The first kappa shape index (κ1) is 25.4. The average molecular weight is 504 g/mol. The zero-order valence-corrected chi connectivity index (χ0v) is 20.7. The lowest BCUT2D eigenvalue weighted by molar-refractivity contribution is -0.142. The fraction of sp³-hybridized carbons (Fsp3) is 0.222. The molecule has 10 heteroatoms. The summed E-state index contributed by atoms with van der Waals surface area (Å²) < 4.78 is 7.02. The van der Waals surface area contributed by atoms with Crippen molar-refractivity contribution < 1.29 is 29.3 Å². The van der Waals surface area contributed by atoms with Crippen molar-refractivity contribution in [3.05, 3.63) is 82.0 Å². The van der Waals surface area contributed by atoms with Crippen LogP contribution in [0.2, 0.25) is 0 Å². The van der Waals surface area contributed by atoms with Gasteiger partial charge < -0.3 is 14.9 Å². The first-order chi connectivity index (χ1) is 17.4. The molecule has 4 rings (SSSR count). The number of carbonyl (C=O) groups excluding carboxylic acids is 1. The molecule has 0 atom stereocenters. The van der Waals surface area contributed by atoms with E-state index in [0.717, 1.165) is 11.8 Å². The maximum absolute atomic E-state index is 13.5. The maximum Gasteiger partial charge on any atom is 0.416 e. The van der Waals surface area contributed by atoms with Crippen molar-refractivity contribution in [3.8, 4) is 16.8 Å². The van der Waals surface area contributed by atoms with E-state index in [1.165, 1.54) is 17.7 Å². The summed E-state index contributed by atoms with van der Waals surface area (Å²) in [4.78, 5) is 48.3. The number of fused-ring (bicyclic) bond motifs is 1. The van der Waals surface area contributed by atoms with Gasteiger partial charge in [-0.25, -0.2) is 14.2 Å². The van der Waals surface area contributed by atoms with Gasteiger partial charge in [-0.2, -0.15) is 9.78 Å². The molecule has 0 saturated heterocycles. The monoisotopic (exact) mass is 503 g/mol. The molecule has 0 bridgehead atoms. The second-order valence-electron chi connectivity index (χ2n) is 9.57. The lowest BCUT2D eigenvalue weighted by atomic mass is 9.86. The molecular weight excluding hydrogens is 478 g/mol. The normalized spacial score (nSPS) is 11.5. The summed E-state index contributed by atoms with van der Waals surface area (Å²) in [5, 5.41) is 24.4. The standard InChI is InChI=1S/C27H25N3O7/c1-15(31)37-14-21-19(17-11-23(25(33)34)29(13-17)26(35)36)6-5-7-22(21)30-24(32)20-9-8-18(27(2,3)4)10-16(20)12-28-30/h5-13H,14H2,1-4H3,(H,33,34)(H,35,36). The minimum Gasteiger partial charge on any atom is -0.477 e. The molecule has 0 aliphatic carbocycles. The van der Waals surface area contributed by atoms with Crippen molar-refractivity contribution >= 4 is 28.8 Å². The fourth-order valence-electron chi connectivity index (χ4n) is 4.09. The van der Waals surface area contributed by atoms with Crippen LogP contribution in [-0.2, 0) is 21.6 Å². The molecule has 2 aromatic heterocycles. The Morgan fingerprint density at radius 1 is 1.05 bits per heavy atom. The first-order valence-corrected chi connectivity index (χ1v) is 11.4. The molecule has 0 fully saturated rings. The second-order valence-corrected chi connectivity index (χ2v) is 9.57. The third-order valence-corrected chi connectivity index (χ3v) is 6.01. The number of esters is 1. The van der Waals surface area contributed by atoms with E-state index in [0.29, 0.717) is 32.2 Å². The Hall–Kier alpha value is -4.73. The Kier molecular flexibility index (Phi) is 6.43. The van der Waals surface area contributed by atoms with E-state index < -0.39 is 29.3 Å². The van der Waals surface area contributed by atoms with Gasteiger partial charge in [0.25, 0.3) is 5.56 Å². The van der Waals surface area contributed by atoms with Crippen LogP contribution in [0.3, 0.4) is 0 Å². The van der Waals surface area contributed by atoms with Crippen molar-refractivity contribution in [1.29, 1.82) is 0 Å². The van der Waals surface area contributed by atoms with Gasteiger partial charge in [-0.15, -0.1) is 0 Å². The maximum atomic E-state index is 13.5. The number of hydrogen-bond donors (Lipinski definition) is 2. The molecule has 0 amide bonds. The highest BCUT2D eigenvalue weighted by molar-refractivity contribution is 5.93. The smallest absolute Gasteiger partial charge is 0.416 e. The summed E-state index contributed by atoms with van der Waals surface area (Å²) in [5.74, 6) is -1.99. The van der Waals surface area contributed by atoms with Crippen LogP contribution in [0.1, 0.15) is 49.3 Å². The summed E-state index contributed by atoms with van der Waals surface area (Å²) >= 11 is 0. The minimum absolute atomic E-state index is 0.115. The third-order valence-electron chi connectivity index (χ3n) is 6.01. The van der Waals surface area contributed by atoms with E-state index in [-0.39, 0.29) is 17.6 Å². The molecule has 2 N–H and O–H groups in total. The Morgan fingerprint density at radius 3 is 2.38 bits per heavy atom. The molecule has 0 aliphatic heterocycles. The van der Waals surface area contributed by atoms with Gasteiger partial charge in [-0.1, -0.05) is 39.0 Å². The largest absolute Gasteiger partial charge is 0.477 e. The van der Waals surface area contributed by atoms with Crippen LogP contribution in [0.25, 0.3) is 27.6 Å². The van der Waals surface area contributed by atoms with E-state index in [2.05, 4.69) is 25.9 Å². The summed E-state index contributed by atoms with van der Waals surface area (Å²) in [6, 6.07) is 11.6. The number of rotatable bonds is 5. The molecule has 0 unspecified atom stereocenters. The SMILES string of the molecule is CC(=O)OCc1c(-c2cc(C(=O)O)n(C(=O)O)c2)cccc1-n1ncc2cc(C(C)(C)C)ccc2c1=O. The van der Waals surface area contributed by atoms with E-state index in [1.54, 1.807) is 30.5 Å². The van der Waals surface area contributed by atoms with Crippen LogP contribution in [0.15, 0.2) is 59.7 Å². The third kappa shape index (κ3) is 4.86. The van der Waals surface area contributed by atoms with Crippen LogP contribution in [0.5, 0.6) is 0 Å².